The Bertz CT molecular complexity index is 369. The summed E-state index contributed by atoms with van der Waals surface area (Å²) in [6, 6.07) is 5.19. The van der Waals surface area contributed by atoms with Gasteiger partial charge in [0.15, 0.2) is 6.29 Å². The fraction of sp³-hybridized carbons (Fsp3) is 0.182. The highest BCUT2D eigenvalue weighted by Crippen LogP contribution is 2.15. The van der Waals surface area contributed by atoms with Crippen LogP contribution in [0.4, 0.5) is 0 Å². The van der Waals surface area contributed by atoms with E-state index in [2.05, 4.69) is 11.8 Å². The van der Waals surface area contributed by atoms with Crippen molar-refractivity contribution < 1.29 is 9.53 Å². The molecule has 0 atom stereocenters. The van der Waals surface area contributed by atoms with Gasteiger partial charge in [0.1, 0.15) is 5.75 Å². The number of hydrogen-bond donors (Lipinski definition) is 0. The van der Waals surface area contributed by atoms with Crippen LogP contribution in [0.15, 0.2) is 18.2 Å². The standard InChI is InChI=1S/C11H10O2/c1-3-4-9-7-11(13-2)6-5-10(9)8-12/h5-8H,1-2H3. The Hall–Kier alpha value is -1.75. The second-order valence-electron chi connectivity index (χ2n) is 2.45. The van der Waals surface area contributed by atoms with E-state index in [4.69, 9.17) is 4.74 Å². The van der Waals surface area contributed by atoms with Crippen molar-refractivity contribution in [2.45, 2.75) is 6.92 Å². The first-order valence-corrected chi connectivity index (χ1v) is 3.87. The third-order valence-electron chi connectivity index (χ3n) is 1.65. The predicted octanol–water partition coefficient (Wildman–Crippen LogP) is 1.88. The van der Waals surface area contributed by atoms with Gasteiger partial charge in [-0.25, -0.2) is 0 Å². The molecule has 66 valence electrons. The average Bonchev–Trinajstić information content (AvgIpc) is 2.18. The van der Waals surface area contributed by atoms with Crippen molar-refractivity contribution in [3.8, 4) is 17.6 Å². The third kappa shape index (κ3) is 2.09. The molecule has 1 aromatic carbocycles. The number of hydrogen-bond acceptors (Lipinski definition) is 2. The maximum absolute atomic E-state index is 10.6. The van der Waals surface area contributed by atoms with Crippen molar-refractivity contribution in [3.63, 3.8) is 0 Å². The lowest BCUT2D eigenvalue weighted by Crippen LogP contribution is -1.89. The summed E-state index contributed by atoms with van der Waals surface area (Å²) in [5, 5.41) is 0. The summed E-state index contributed by atoms with van der Waals surface area (Å²) in [5.74, 6) is 6.30. The SMILES string of the molecule is CC#Cc1cc(OC)ccc1C=O. The number of aldehydes is 1. The van der Waals surface area contributed by atoms with Crippen LogP contribution in [0.5, 0.6) is 5.75 Å². The molecular formula is C11H10O2. The molecule has 0 unspecified atom stereocenters. The Balaban J connectivity index is 3.22. The van der Waals surface area contributed by atoms with Crippen molar-refractivity contribution in [1.82, 2.24) is 0 Å². The molecule has 2 nitrogen and oxygen atoms in total. The first kappa shape index (κ1) is 9.34. The second kappa shape index (κ2) is 4.32. The van der Waals surface area contributed by atoms with Gasteiger partial charge in [0.2, 0.25) is 0 Å². The zero-order valence-corrected chi connectivity index (χ0v) is 7.63. The molecular weight excluding hydrogens is 164 g/mol. The molecule has 0 N–H and O–H groups in total. The van der Waals surface area contributed by atoms with Crippen LogP contribution >= 0.6 is 0 Å². The maximum atomic E-state index is 10.6. The monoisotopic (exact) mass is 174 g/mol. The van der Waals surface area contributed by atoms with E-state index >= 15 is 0 Å². The summed E-state index contributed by atoms with van der Waals surface area (Å²) in [6.07, 6.45) is 0.791. The lowest BCUT2D eigenvalue weighted by Gasteiger charge is -2.01. The molecule has 0 aliphatic rings. The van der Waals surface area contributed by atoms with Gasteiger partial charge in [-0.05, 0) is 25.1 Å². The molecule has 1 rings (SSSR count). The summed E-state index contributed by atoms with van der Waals surface area (Å²) < 4.78 is 5.02. The van der Waals surface area contributed by atoms with Crippen LogP contribution in [0.1, 0.15) is 22.8 Å². The molecule has 0 aliphatic heterocycles. The Kier molecular flexibility index (Phi) is 3.10. The Morgan fingerprint density at radius 2 is 2.23 bits per heavy atom. The molecule has 0 spiro atoms. The molecule has 0 saturated carbocycles. The smallest absolute Gasteiger partial charge is 0.151 e. The van der Waals surface area contributed by atoms with Crippen molar-refractivity contribution in [2.24, 2.45) is 0 Å². The summed E-state index contributed by atoms with van der Waals surface area (Å²) >= 11 is 0. The topological polar surface area (TPSA) is 26.3 Å². The van der Waals surface area contributed by atoms with Crippen LogP contribution in [0.25, 0.3) is 0 Å². The molecule has 0 heterocycles. The Morgan fingerprint density at radius 3 is 2.77 bits per heavy atom. The minimum Gasteiger partial charge on any atom is -0.497 e. The van der Waals surface area contributed by atoms with E-state index in [0.29, 0.717) is 16.9 Å². The summed E-state index contributed by atoms with van der Waals surface area (Å²) in [7, 11) is 1.58. The average molecular weight is 174 g/mol. The fourth-order valence-electron chi connectivity index (χ4n) is 1.01. The van der Waals surface area contributed by atoms with Crippen molar-refractivity contribution in [3.05, 3.63) is 29.3 Å². The molecule has 0 radical (unpaired) electrons. The largest absolute Gasteiger partial charge is 0.497 e. The molecule has 0 aromatic heterocycles. The summed E-state index contributed by atoms with van der Waals surface area (Å²) in [5.41, 5.74) is 1.30. The zero-order valence-electron chi connectivity index (χ0n) is 7.63. The third-order valence-corrected chi connectivity index (χ3v) is 1.65. The van der Waals surface area contributed by atoms with Crippen LogP contribution in [0.2, 0.25) is 0 Å². The van der Waals surface area contributed by atoms with Gasteiger partial charge >= 0.3 is 0 Å². The zero-order chi connectivity index (χ0) is 9.68. The minimum atomic E-state index is 0.593. The number of carbonyl (C=O) groups excluding carboxylic acids is 1. The van der Waals surface area contributed by atoms with Crippen molar-refractivity contribution in [2.75, 3.05) is 7.11 Å². The maximum Gasteiger partial charge on any atom is 0.151 e. The van der Waals surface area contributed by atoms with E-state index in [0.717, 1.165) is 6.29 Å². The van der Waals surface area contributed by atoms with Gasteiger partial charge in [-0.2, -0.15) is 0 Å². The normalized spacial score (nSPS) is 8.46. The van der Waals surface area contributed by atoms with Gasteiger partial charge in [-0.1, -0.05) is 5.92 Å². The minimum absolute atomic E-state index is 0.593. The summed E-state index contributed by atoms with van der Waals surface area (Å²) in [4.78, 5) is 10.6. The van der Waals surface area contributed by atoms with E-state index < -0.39 is 0 Å². The highest BCUT2D eigenvalue weighted by molar-refractivity contribution is 5.79. The van der Waals surface area contributed by atoms with Gasteiger partial charge in [-0.3, -0.25) is 4.79 Å². The van der Waals surface area contributed by atoms with Crippen LogP contribution in [0.3, 0.4) is 0 Å². The molecule has 13 heavy (non-hydrogen) atoms. The first-order valence-electron chi connectivity index (χ1n) is 3.87. The van der Waals surface area contributed by atoms with Crippen LogP contribution < -0.4 is 4.74 Å². The van der Waals surface area contributed by atoms with E-state index in [1.165, 1.54) is 0 Å². The quantitative estimate of drug-likeness (QED) is 0.505. The number of rotatable bonds is 2. The van der Waals surface area contributed by atoms with Crippen LogP contribution in [0, 0.1) is 11.8 Å². The van der Waals surface area contributed by atoms with E-state index in [1.54, 1.807) is 32.2 Å². The highest BCUT2D eigenvalue weighted by Gasteiger charge is 2.00. The molecule has 0 bridgehead atoms. The lowest BCUT2D eigenvalue weighted by atomic mass is 10.1. The second-order valence-corrected chi connectivity index (χ2v) is 2.45. The van der Waals surface area contributed by atoms with Gasteiger partial charge < -0.3 is 4.74 Å². The van der Waals surface area contributed by atoms with Gasteiger partial charge in [-0.15, -0.1) is 5.92 Å². The Morgan fingerprint density at radius 1 is 1.46 bits per heavy atom. The van der Waals surface area contributed by atoms with Gasteiger partial charge in [0, 0.05) is 11.1 Å². The number of methoxy groups -OCH3 is 1. The van der Waals surface area contributed by atoms with Gasteiger partial charge in [0.25, 0.3) is 0 Å². The van der Waals surface area contributed by atoms with Gasteiger partial charge in [0.05, 0.1) is 7.11 Å². The van der Waals surface area contributed by atoms with E-state index in [-0.39, 0.29) is 0 Å². The first-order chi connectivity index (χ1) is 6.31. The number of ether oxygens (including phenoxy) is 1. The molecule has 2 heteroatoms. The van der Waals surface area contributed by atoms with E-state index in [1.807, 2.05) is 0 Å². The molecule has 0 amide bonds. The Labute approximate surface area is 77.5 Å². The number of carbonyl (C=O) groups is 1. The number of benzene rings is 1. The fourth-order valence-corrected chi connectivity index (χ4v) is 1.01. The van der Waals surface area contributed by atoms with Crippen LogP contribution in [-0.2, 0) is 0 Å². The van der Waals surface area contributed by atoms with Crippen molar-refractivity contribution in [1.29, 1.82) is 0 Å². The highest BCUT2D eigenvalue weighted by atomic mass is 16.5. The van der Waals surface area contributed by atoms with Crippen LogP contribution in [-0.4, -0.2) is 13.4 Å². The molecule has 0 fully saturated rings. The molecule has 0 aliphatic carbocycles. The van der Waals surface area contributed by atoms with Crippen molar-refractivity contribution >= 4 is 6.29 Å². The molecule has 1 aromatic rings. The predicted molar refractivity (Wildman–Crippen MR) is 50.9 cm³/mol. The summed E-state index contributed by atoms with van der Waals surface area (Å²) in [6.45, 7) is 1.73. The van der Waals surface area contributed by atoms with E-state index in [9.17, 15) is 4.79 Å². The molecule has 0 saturated heterocycles. The lowest BCUT2D eigenvalue weighted by molar-refractivity contribution is 0.112.